The second kappa shape index (κ2) is 8.54. The molecule has 0 unspecified atom stereocenters. The number of carbonyl (C=O) groups excluding carboxylic acids is 1. The summed E-state index contributed by atoms with van der Waals surface area (Å²) in [5.74, 6) is 1.35. The minimum atomic E-state index is 0.0410. The number of piperazine rings is 1. The first-order valence-electron chi connectivity index (χ1n) is 9.30. The predicted octanol–water partition coefficient (Wildman–Crippen LogP) is 3.27. The minimum Gasteiger partial charge on any atom is -0.338 e. The van der Waals surface area contributed by atoms with Crippen molar-refractivity contribution in [3.8, 4) is 0 Å². The zero-order valence-electron chi connectivity index (χ0n) is 15.4. The topological polar surface area (TPSA) is 62.5 Å². The summed E-state index contributed by atoms with van der Waals surface area (Å²) in [6.45, 7) is 3.50. The lowest BCUT2D eigenvalue weighted by atomic mass is 10.1. The van der Waals surface area contributed by atoms with E-state index in [1.54, 1.807) is 24.3 Å². The monoisotopic (exact) mass is 396 g/mol. The van der Waals surface area contributed by atoms with Crippen molar-refractivity contribution in [2.75, 3.05) is 26.2 Å². The maximum absolute atomic E-state index is 12.6. The van der Waals surface area contributed by atoms with Gasteiger partial charge in [0.25, 0.3) is 5.91 Å². The second-order valence-corrected chi connectivity index (χ2v) is 7.28. The van der Waals surface area contributed by atoms with Crippen LogP contribution in [0.4, 0.5) is 0 Å². The molecule has 1 aliphatic heterocycles. The summed E-state index contributed by atoms with van der Waals surface area (Å²) in [5, 5.41) is 4.71. The van der Waals surface area contributed by atoms with Gasteiger partial charge in [-0.2, -0.15) is 4.98 Å². The van der Waals surface area contributed by atoms with Gasteiger partial charge in [-0.15, -0.1) is 0 Å². The van der Waals surface area contributed by atoms with E-state index in [0.717, 1.165) is 18.7 Å². The molecule has 0 saturated carbocycles. The van der Waals surface area contributed by atoms with E-state index >= 15 is 0 Å². The molecule has 1 aliphatic rings. The van der Waals surface area contributed by atoms with E-state index in [-0.39, 0.29) is 5.91 Å². The van der Waals surface area contributed by atoms with Gasteiger partial charge in [0.1, 0.15) is 0 Å². The first-order valence-corrected chi connectivity index (χ1v) is 9.68. The maximum atomic E-state index is 12.6. The fourth-order valence-corrected chi connectivity index (χ4v) is 3.41. The summed E-state index contributed by atoms with van der Waals surface area (Å²) < 4.78 is 5.40. The van der Waals surface area contributed by atoms with Gasteiger partial charge in [0.15, 0.2) is 5.82 Å². The molecule has 2 heterocycles. The number of hydrogen-bond donors (Lipinski definition) is 0. The first-order chi connectivity index (χ1) is 13.7. The molecule has 6 nitrogen and oxygen atoms in total. The zero-order chi connectivity index (χ0) is 19.3. The zero-order valence-corrected chi connectivity index (χ0v) is 16.2. The lowest BCUT2D eigenvalue weighted by Crippen LogP contribution is -2.48. The molecule has 0 N–H and O–H groups in total. The van der Waals surface area contributed by atoms with Crippen molar-refractivity contribution in [3.05, 3.63) is 82.5 Å². The van der Waals surface area contributed by atoms with E-state index in [0.29, 0.717) is 48.4 Å². The number of carbonyl (C=O) groups is 1. The Hall–Kier alpha value is -2.70. The quantitative estimate of drug-likeness (QED) is 0.662. The summed E-state index contributed by atoms with van der Waals surface area (Å²) in [6, 6.07) is 17.1. The highest BCUT2D eigenvalue weighted by Crippen LogP contribution is 2.14. The fourth-order valence-electron chi connectivity index (χ4n) is 3.28. The SMILES string of the molecule is O=C(c1ccc(Cl)cc1)N1CCN(Cc2nc(Cc3ccccc3)no2)CC1. The van der Waals surface area contributed by atoms with Crippen molar-refractivity contribution < 1.29 is 9.32 Å². The lowest BCUT2D eigenvalue weighted by molar-refractivity contribution is 0.0615. The highest BCUT2D eigenvalue weighted by Gasteiger charge is 2.23. The lowest BCUT2D eigenvalue weighted by Gasteiger charge is -2.34. The Bertz CT molecular complexity index is 919. The molecule has 28 heavy (non-hydrogen) atoms. The number of benzene rings is 2. The summed E-state index contributed by atoms with van der Waals surface area (Å²) >= 11 is 5.89. The molecule has 1 amide bonds. The molecule has 7 heteroatoms. The van der Waals surface area contributed by atoms with Crippen LogP contribution < -0.4 is 0 Å². The number of nitrogens with zero attached hydrogens (tertiary/aromatic N) is 4. The Labute approximate surface area is 168 Å². The molecule has 0 atom stereocenters. The predicted molar refractivity (Wildman–Crippen MR) is 106 cm³/mol. The number of aromatic nitrogens is 2. The van der Waals surface area contributed by atoms with Gasteiger partial charge in [-0.05, 0) is 29.8 Å². The molecule has 3 aromatic rings. The van der Waals surface area contributed by atoms with Crippen LogP contribution in [0.5, 0.6) is 0 Å². The number of hydrogen-bond acceptors (Lipinski definition) is 5. The Morgan fingerprint density at radius 2 is 1.71 bits per heavy atom. The van der Waals surface area contributed by atoms with Crippen LogP contribution in [0, 0.1) is 0 Å². The smallest absolute Gasteiger partial charge is 0.253 e. The van der Waals surface area contributed by atoms with Crippen molar-refractivity contribution in [3.63, 3.8) is 0 Å². The van der Waals surface area contributed by atoms with Crippen LogP contribution in [0.1, 0.15) is 27.6 Å². The van der Waals surface area contributed by atoms with Crippen LogP contribution in [-0.4, -0.2) is 52.0 Å². The average Bonchev–Trinajstić information content (AvgIpc) is 3.16. The standard InChI is InChI=1S/C21H21ClN4O2/c22-18-8-6-17(7-9-18)21(27)26-12-10-25(11-13-26)15-20-23-19(24-28-20)14-16-4-2-1-3-5-16/h1-9H,10-15H2. The van der Waals surface area contributed by atoms with Gasteiger partial charge in [0.05, 0.1) is 6.54 Å². The molecule has 1 aromatic heterocycles. The van der Waals surface area contributed by atoms with E-state index in [4.69, 9.17) is 16.1 Å². The second-order valence-electron chi connectivity index (χ2n) is 6.84. The molecular formula is C21H21ClN4O2. The van der Waals surface area contributed by atoms with Gasteiger partial charge in [-0.25, -0.2) is 0 Å². The van der Waals surface area contributed by atoms with E-state index in [1.165, 1.54) is 0 Å². The number of amides is 1. The Balaban J connectivity index is 1.29. The number of halogens is 1. The van der Waals surface area contributed by atoms with E-state index in [1.807, 2.05) is 35.2 Å². The van der Waals surface area contributed by atoms with Crippen LogP contribution in [0.2, 0.25) is 5.02 Å². The molecule has 2 aromatic carbocycles. The van der Waals surface area contributed by atoms with Gasteiger partial charge >= 0.3 is 0 Å². The van der Waals surface area contributed by atoms with Crippen LogP contribution in [0.15, 0.2) is 59.1 Å². The molecule has 0 spiro atoms. The van der Waals surface area contributed by atoms with Crippen molar-refractivity contribution in [1.82, 2.24) is 19.9 Å². The third kappa shape index (κ3) is 4.58. The summed E-state index contributed by atoms with van der Waals surface area (Å²) in [7, 11) is 0. The minimum absolute atomic E-state index is 0.0410. The number of rotatable bonds is 5. The van der Waals surface area contributed by atoms with Gasteiger partial charge in [-0.1, -0.05) is 47.1 Å². The van der Waals surface area contributed by atoms with E-state index in [2.05, 4.69) is 15.0 Å². The van der Waals surface area contributed by atoms with Crippen molar-refractivity contribution in [1.29, 1.82) is 0 Å². The molecular weight excluding hydrogens is 376 g/mol. The normalized spacial score (nSPS) is 15.0. The van der Waals surface area contributed by atoms with Crippen LogP contribution in [0.25, 0.3) is 0 Å². The molecule has 0 aliphatic carbocycles. The summed E-state index contributed by atoms with van der Waals surface area (Å²) in [4.78, 5) is 21.2. The van der Waals surface area contributed by atoms with Crippen LogP contribution in [-0.2, 0) is 13.0 Å². The highest BCUT2D eigenvalue weighted by molar-refractivity contribution is 6.30. The maximum Gasteiger partial charge on any atom is 0.253 e. The fraction of sp³-hybridized carbons (Fsp3) is 0.286. The third-order valence-corrected chi connectivity index (χ3v) is 5.08. The van der Waals surface area contributed by atoms with Gasteiger partial charge in [-0.3, -0.25) is 9.69 Å². The molecule has 1 saturated heterocycles. The molecule has 4 rings (SSSR count). The third-order valence-electron chi connectivity index (χ3n) is 4.82. The molecule has 0 radical (unpaired) electrons. The molecule has 0 bridgehead atoms. The van der Waals surface area contributed by atoms with Crippen LogP contribution in [0.3, 0.4) is 0 Å². The average molecular weight is 397 g/mol. The molecule has 1 fully saturated rings. The van der Waals surface area contributed by atoms with Gasteiger partial charge < -0.3 is 9.42 Å². The van der Waals surface area contributed by atoms with Crippen LogP contribution >= 0.6 is 11.6 Å². The summed E-state index contributed by atoms with van der Waals surface area (Å²) in [5.41, 5.74) is 1.82. The largest absolute Gasteiger partial charge is 0.338 e. The van der Waals surface area contributed by atoms with Crippen molar-refractivity contribution >= 4 is 17.5 Å². The van der Waals surface area contributed by atoms with Crippen molar-refractivity contribution in [2.45, 2.75) is 13.0 Å². The summed E-state index contributed by atoms with van der Waals surface area (Å²) in [6.07, 6.45) is 0.660. The Morgan fingerprint density at radius 1 is 1.00 bits per heavy atom. The first kappa shape index (κ1) is 18.7. The van der Waals surface area contributed by atoms with E-state index in [9.17, 15) is 4.79 Å². The van der Waals surface area contributed by atoms with Crippen molar-refractivity contribution in [2.24, 2.45) is 0 Å². The van der Waals surface area contributed by atoms with Gasteiger partial charge in [0, 0.05) is 43.2 Å². The highest BCUT2D eigenvalue weighted by atomic mass is 35.5. The van der Waals surface area contributed by atoms with Gasteiger partial charge in [0.2, 0.25) is 5.89 Å². The Morgan fingerprint density at radius 3 is 2.43 bits per heavy atom. The Kier molecular flexibility index (Phi) is 5.69. The van der Waals surface area contributed by atoms with E-state index < -0.39 is 0 Å². The molecule has 144 valence electrons.